The van der Waals surface area contributed by atoms with Gasteiger partial charge in [-0.15, -0.1) is 0 Å². The fourth-order valence-corrected chi connectivity index (χ4v) is 2.59. The number of para-hydroxylation sites is 1. The van der Waals surface area contributed by atoms with Gasteiger partial charge in [-0.3, -0.25) is 10.1 Å². The highest BCUT2D eigenvalue weighted by atomic mass is 16.6. The van der Waals surface area contributed by atoms with Crippen LogP contribution in [0, 0.1) is 0 Å². The van der Waals surface area contributed by atoms with E-state index in [1.807, 2.05) is 0 Å². The van der Waals surface area contributed by atoms with Gasteiger partial charge in [-0.2, -0.15) is 0 Å². The first-order valence-electron chi connectivity index (χ1n) is 9.03. The first-order valence-corrected chi connectivity index (χ1v) is 9.03. The number of ether oxygens (including phenoxy) is 4. The third kappa shape index (κ3) is 5.74. The lowest BCUT2D eigenvalue weighted by atomic mass is 10.2. The van der Waals surface area contributed by atoms with E-state index in [0.29, 0.717) is 41.7 Å². The number of nitrogens with one attached hydrogen (secondary N) is 2. The Labute approximate surface area is 172 Å². The van der Waals surface area contributed by atoms with Crippen molar-refractivity contribution >= 4 is 29.7 Å². The Morgan fingerprint density at radius 1 is 1.07 bits per heavy atom. The monoisotopic (exact) mass is 412 g/mol. The summed E-state index contributed by atoms with van der Waals surface area (Å²) in [6.45, 7) is 0.267. The lowest BCUT2D eigenvalue weighted by molar-refractivity contribution is -0.143. The van der Waals surface area contributed by atoms with Crippen molar-refractivity contribution in [3.05, 3.63) is 54.1 Å². The van der Waals surface area contributed by atoms with Gasteiger partial charge >= 0.3 is 12.0 Å². The van der Waals surface area contributed by atoms with Crippen molar-refractivity contribution in [3.8, 4) is 17.2 Å². The maximum Gasteiger partial charge on any atom is 0.331 e. The van der Waals surface area contributed by atoms with E-state index in [1.54, 1.807) is 42.5 Å². The Morgan fingerprint density at radius 3 is 2.63 bits per heavy atom. The molecule has 0 aliphatic carbocycles. The van der Waals surface area contributed by atoms with Gasteiger partial charge in [0.15, 0.2) is 18.1 Å². The van der Waals surface area contributed by atoms with Crippen molar-refractivity contribution in [2.45, 2.75) is 0 Å². The molecule has 0 radical (unpaired) electrons. The van der Waals surface area contributed by atoms with E-state index in [9.17, 15) is 14.4 Å². The lowest BCUT2D eigenvalue weighted by Crippen LogP contribution is -2.37. The maximum atomic E-state index is 11.9. The van der Waals surface area contributed by atoms with Gasteiger partial charge in [0, 0.05) is 23.4 Å². The highest BCUT2D eigenvalue weighted by Crippen LogP contribution is 2.32. The molecule has 9 nitrogen and oxygen atoms in total. The summed E-state index contributed by atoms with van der Waals surface area (Å²) in [6.07, 6.45) is 2.67. The van der Waals surface area contributed by atoms with E-state index in [0.717, 1.165) is 0 Å². The summed E-state index contributed by atoms with van der Waals surface area (Å²) >= 11 is 0. The number of anilines is 1. The maximum absolute atomic E-state index is 11.9. The lowest BCUT2D eigenvalue weighted by Gasteiger charge is -2.19. The van der Waals surface area contributed by atoms with Crippen LogP contribution in [0.15, 0.2) is 48.5 Å². The van der Waals surface area contributed by atoms with Crippen molar-refractivity contribution in [1.29, 1.82) is 0 Å². The minimum Gasteiger partial charge on any atom is -0.496 e. The normalized spacial score (nSPS) is 12.2. The van der Waals surface area contributed by atoms with Crippen molar-refractivity contribution in [2.24, 2.45) is 0 Å². The molecule has 0 saturated heterocycles. The number of carbonyl (C=O) groups excluding carboxylic acids is 3. The number of methoxy groups -OCH3 is 1. The molecule has 2 aromatic carbocycles. The quantitative estimate of drug-likeness (QED) is 0.553. The van der Waals surface area contributed by atoms with Crippen LogP contribution in [0.25, 0.3) is 6.08 Å². The van der Waals surface area contributed by atoms with Gasteiger partial charge in [-0.05, 0) is 24.3 Å². The summed E-state index contributed by atoms with van der Waals surface area (Å²) in [4.78, 5) is 35.5. The van der Waals surface area contributed by atoms with Crippen LogP contribution in [-0.4, -0.2) is 44.8 Å². The van der Waals surface area contributed by atoms with Gasteiger partial charge in [0.25, 0.3) is 5.91 Å². The Balaban J connectivity index is 1.44. The molecule has 156 valence electrons. The second-order valence-electron chi connectivity index (χ2n) is 6.04. The molecular formula is C21H20N2O7. The Morgan fingerprint density at radius 2 is 1.83 bits per heavy atom. The standard InChI is InChI=1S/C21H20N2O7/c1-27-16-5-3-2-4-14(16)6-9-20(25)30-13-19(24)23-21(26)22-15-7-8-17-18(12-15)29-11-10-28-17/h2-9,12H,10-11,13H2,1H3,(H2,22,23,24,26)/b9-6+. The smallest absolute Gasteiger partial charge is 0.331 e. The first kappa shape index (κ1) is 20.7. The summed E-state index contributed by atoms with van der Waals surface area (Å²) in [5.41, 5.74) is 1.10. The second-order valence-corrected chi connectivity index (χ2v) is 6.04. The molecule has 9 heteroatoms. The predicted molar refractivity (Wildman–Crippen MR) is 108 cm³/mol. The van der Waals surface area contributed by atoms with Crippen LogP contribution in [-0.2, 0) is 14.3 Å². The molecule has 1 heterocycles. The first-order chi connectivity index (χ1) is 14.5. The van der Waals surface area contributed by atoms with Crippen LogP contribution in [0.3, 0.4) is 0 Å². The molecule has 0 aromatic heterocycles. The Bertz CT molecular complexity index is 972. The minimum atomic E-state index is -0.774. The highest BCUT2D eigenvalue weighted by molar-refractivity contribution is 6.02. The number of rotatable bonds is 6. The number of amides is 3. The molecule has 2 N–H and O–H groups in total. The van der Waals surface area contributed by atoms with Gasteiger partial charge in [0.1, 0.15) is 19.0 Å². The average Bonchev–Trinajstić information content (AvgIpc) is 2.76. The molecule has 0 saturated carbocycles. The van der Waals surface area contributed by atoms with Crippen LogP contribution in [0.2, 0.25) is 0 Å². The number of benzene rings is 2. The van der Waals surface area contributed by atoms with Crippen molar-refractivity contribution in [3.63, 3.8) is 0 Å². The molecule has 1 aliphatic heterocycles. The fourth-order valence-electron chi connectivity index (χ4n) is 2.59. The third-order valence-corrected chi connectivity index (χ3v) is 3.94. The number of hydrogen-bond donors (Lipinski definition) is 2. The van der Waals surface area contributed by atoms with Gasteiger partial charge in [-0.25, -0.2) is 9.59 Å². The molecule has 30 heavy (non-hydrogen) atoms. The molecule has 0 atom stereocenters. The molecule has 0 spiro atoms. The van der Waals surface area contributed by atoms with E-state index in [1.165, 1.54) is 19.3 Å². The van der Waals surface area contributed by atoms with Crippen LogP contribution in [0.4, 0.5) is 10.5 Å². The van der Waals surface area contributed by atoms with Gasteiger partial charge in [0.2, 0.25) is 0 Å². The zero-order valence-electron chi connectivity index (χ0n) is 16.2. The van der Waals surface area contributed by atoms with Crippen LogP contribution in [0.1, 0.15) is 5.56 Å². The summed E-state index contributed by atoms with van der Waals surface area (Å²) in [5, 5.41) is 4.57. The summed E-state index contributed by atoms with van der Waals surface area (Å²) < 4.78 is 20.8. The van der Waals surface area contributed by atoms with Gasteiger partial charge < -0.3 is 24.3 Å². The average molecular weight is 412 g/mol. The van der Waals surface area contributed by atoms with Crippen LogP contribution in [0.5, 0.6) is 17.2 Å². The number of hydrogen-bond acceptors (Lipinski definition) is 7. The number of imide groups is 1. The Hall–Kier alpha value is -4.01. The molecule has 0 bridgehead atoms. The highest BCUT2D eigenvalue weighted by Gasteiger charge is 2.14. The fraction of sp³-hybridized carbons (Fsp3) is 0.190. The zero-order valence-corrected chi connectivity index (χ0v) is 16.2. The van der Waals surface area contributed by atoms with Crippen molar-refractivity contribution in [2.75, 3.05) is 32.2 Å². The number of urea groups is 1. The van der Waals surface area contributed by atoms with Crippen molar-refractivity contribution < 1.29 is 33.3 Å². The summed E-state index contributed by atoms with van der Waals surface area (Å²) in [5.74, 6) is 0.167. The number of carbonyl (C=O) groups is 3. The van der Waals surface area contributed by atoms with Gasteiger partial charge in [-0.1, -0.05) is 18.2 Å². The molecule has 2 aromatic rings. The summed E-state index contributed by atoms with van der Waals surface area (Å²) in [7, 11) is 1.52. The number of fused-ring (bicyclic) bond motifs is 1. The minimum absolute atomic E-state index is 0.415. The molecule has 1 aliphatic rings. The molecule has 3 rings (SSSR count). The number of esters is 1. The van der Waals surface area contributed by atoms with E-state index in [-0.39, 0.29) is 0 Å². The largest absolute Gasteiger partial charge is 0.496 e. The molecular weight excluding hydrogens is 392 g/mol. The predicted octanol–water partition coefficient (Wildman–Crippen LogP) is 2.37. The molecule has 0 fully saturated rings. The van der Waals surface area contributed by atoms with Crippen LogP contribution < -0.4 is 24.8 Å². The van der Waals surface area contributed by atoms with E-state index >= 15 is 0 Å². The molecule has 0 unspecified atom stereocenters. The SMILES string of the molecule is COc1ccccc1/C=C/C(=O)OCC(=O)NC(=O)Nc1ccc2c(c1)OCCO2. The molecule has 3 amide bonds. The van der Waals surface area contributed by atoms with Crippen LogP contribution >= 0.6 is 0 Å². The Kier molecular flexibility index (Phi) is 6.88. The summed E-state index contributed by atoms with van der Waals surface area (Å²) in [6, 6.07) is 11.2. The van der Waals surface area contributed by atoms with E-state index in [2.05, 4.69) is 10.6 Å². The van der Waals surface area contributed by atoms with Crippen molar-refractivity contribution in [1.82, 2.24) is 5.32 Å². The van der Waals surface area contributed by atoms with E-state index < -0.39 is 24.5 Å². The third-order valence-electron chi connectivity index (χ3n) is 3.94. The van der Waals surface area contributed by atoms with Gasteiger partial charge in [0.05, 0.1) is 7.11 Å². The second kappa shape index (κ2) is 9.97. The van der Waals surface area contributed by atoms with E-state index in [4.69, 9.17) is 18.9 Å². The zero-order chi connectivity index (χ0) is 21.3. The topological polar surface area (TPSA) is 112 Å².